The van der Waals surface area contributed by atoms with Crippen LogP contribution in [0.4, 0.5) is 0 Å². The molecule has 1 aliphatic rings. The standard InChI is InChI=1S/C22H36N4O4S/c1-5-24(6-2)21(27)18-23-14-9-15-25(17-16-23)22(28)19-10-12-20(13-11-19)31(29,30)26(7-3)8-4/h10-13H,5-9,14-18H2,1-4H3. The molecule has 1 heterocycles. The number of carbonyl (C=O) groups is 2. The molecule has 0 unspecified atom stereocenters. The van der Waals surface area contributed by atoms with Crippen molar-refractivity contribution in [2.75, 3.05) is 58.9 Å². The molecule has 1 aromatic carbocycles. The highest BCUT2D eigenvalue weighted by molar-refractivity contribution is 7.89. The summed E-state index contributed by atoms with van der Waals surface area (Å²) in [4.78, 5) is 31.3. The van der Waals surface area contributed by atoms with Crippen LogP contribution in [-0.4, -0.2) is 98.1 Å². The Morgan fingerprint density at radius 3 is 2.03 bits per heavy atom. The van der Waals surface area contributed by atoms with Crippen molar-refractivity contribution in [3.8, 4) is 0 Å². The summed E-state index contributed by atoms with van der Waals surface area (Å²) in [6, 6.07) is 6.19. The molecular formula is C22H36N4O4S. The van der Waals surface area contributed by atoms with E-state index in [2.05, 4.69) is 4.90 Å². The van der Waals surface area contributed by atoms with Gasteiger partial charge in [0.15, 0.2) is 0 Å². The predicted octanol–water partition coefficient (Wildman–Crippen LogP) is 1.73. The molecule has 1 saturated heterocycles. The summed E-state index contributed by atoms with van der Waals surface area (Å²) >= 11 is 0. The molecule has 0 radical (unpaired) electrons. The number of amides is 2. The maximum atomic E-state index is 13.0. The summed E-state index contributed by atoms with van der Waals surface area (Å²) in [6.07, 6.45) is 0.797. The molecule has 0 spiro atoms. The topological polar surface area (TPSA) is 81.2 Å². The monoisotopic (exact) mass is 452 g/mol. The molecule has 8 nitrogen and oxygen atoms in total. The lowest BCUT2D eigenvalue weighted by molar-refractivity contribution is -0.132. The highest BCUT2D eigenvalue weighted by Gasteiger charge is 2.24. The average molecular weight is 453 g/mol. The fraction of sp³-hybridized carbons (Fsp3) is 0.636. The third kappa shape index (κ3) is 6.27. The van der Waals surface area contributed by atoms with Crippen LogP contribution in [0.2, 0.25) is 0 Å². The SMILES string of the molecule is CCN(CC)C(=O)CN1CCCN(C(=O)c2ccc(S(=O)(=O)N(CC)CC)cc2)CC1. The molecule has 0 bridgehead atoms. The number of carbonyl (C=O) groups excluding carboxylic acids is 2. The molecule has 2 amide bonds. The van der Waals surface area contributed by atoms with Crippen molar-refractivity contribution >= 4 is 21.8 Å². The molecule has 2 rings (SSSR count). The molecule has 0 aromatic heterocycles. The van der Waals surface area contributed by atoms with Gasteiger partial charge in [0, 0.05) is 57.9 Å². The zero-order valence-electron chi connectivity index (χ0n) is 19.2. The van der Waals surface area contributed by atoms with E-state index >= 15 is 0 Å². The van der Waals surface area contributed by atoms with Crippen molar-refractivity contribution in [2.45, 2.75) is 39.0 Å². The maximum absolute atomic E-state index is 13.0. The smallest absolute Gasteiger partial charge is 0.253 e. The van der Waals surface area contributed by atoms with Gasteiger partial charge in [-0.3, -0.25) is 14.5 Å². The lowest BCUT2D eigenvalue weighted by Crippen LogP contribution is -2.42. The molecule has 31 heavy (non-hydrogen) atoms. The summed E-state index contributed by atoms with van der Waals surface area (Å²) in [7, 11) is -3.54. The molecule has 0 N–H and O–H groups in total. The minimum Gasteiger partial charge on any atom is -0.342 e. The van der Waals surface area contributed by atoms with Crippen molar-refractivity contribution in [1.29, 1.82) is 0 Å². The Hall–Kier alpha value is -1.97. The summed E-state index contributed by atoms with van der Waals surface area (Å²) in [5, 5.41) is 0. The second-order valence-electron chi connectivity index (χ2n) is 7.60. The second-order valence-corrected chi connectivity index (χ2v) is 9.54. The van der Waals surface area contributed by atoms with Crippen LogP contribution in [-0.2, 0) is 14.8 Å². The van der Waals surface area contributed by atoms with E-state index in [1.54, 1.807) is 30.9 Å². The Bertz CT molecular complexity index is 834. The molecule has 1 aliphatic heterocycles. The normalized spacial score (nSPS) is 15.7. The van der Waals surface area contributed by atoms with E-state index in [0.29, 0.717) is 57.9 Å². The molecule has 0 saturated carbocycles. The van der Waals surface area contributed by atoms with Crippen molar-refractivity contribution < 1.29 is 18.0 Å². The van der Waals surface area contributed by atoms with E-state index in [0.717, 1.165) is 13.0 Å². The van der Waals surface area contributed by atoms with Crippen LogP contribution in [0.25, 0.3) is 0 Å². The molecule has 1 fully saturated rings. The number of hydrogen-bond acceptors (Lipinski definition) is 5. The van der Waals surface area contributed by atoms with Gasteiger partial charge in [-0.2, -0.15) is 4.31 Å². The van der Waals surface area contributed by atoms with E-state index < -0.39 is 10.0 Å². The van der Waals surface area contributed by atoms with Gasteiger partial charge in [-0.1, -0.05) is 13.8 Å². The summed E-state index contributed by atoms with van der Waals surface area (Å²) in [5.74, 6) is 0.0125. The van der Waals surface area contributed by atoms with Crippen molar-refractivity contribution in [2.24, 2.45) is 0 Å². The Labute approximate surface area is 186 Å². The third-order valence-electron chi connectivity index (χ3n) is 5.80. The van der Waals surface area contributed by atoms with Gasteiger partial charge in [0.05, 0.1) is 11.4 Å². The molecule has 0 aliphatic carbocycles. The maximum Gasteiger partial charge on any atom is 0.253 e. The van der Waals surface area contributed by atoms with Crippen LogP contribution in [0.3, 0.4) is 0 Å². The number of nitrogens with zero attached hydrogens (tertiary/aromatic N) is 4. The van der Waals surface area contributed by atoms with E-state index in [9.17, 15) is 18.0 Å². The lowest BCUT2D eigenvalue weighted by Gasteiger charge is -2.25. The minimum atomic E-state index is -3.54. The second kappa shape index (κ2) is 11.6. The quantitative estimate of drug-likeness (QED) is 0.570. The van der Waals surface area contributed by atoms with Gasteiger partial charge < -0.3 is 9.80 Å². The predicted molar refractivity (Wildman–Crippen MR) is 121 cm³/mol. The van der Waals surface area contributed by atoms with E-state index in [1.165, 1.54) is 16.4 Å². The third-order valence-corrected chi connectivity index (χ3v) is 7.86. The zero-order valence-corrected chi connectivity index (χ0v) is 20.0. The van der Waals surface area contributed by atoms with Crippen LogP contribution in [0.1, 0.15) is 44.5 Å². The molecule has 174 valence electrons. The zero-order chi connectivity index (χ0) is 23.0. The van der Waals surface area contributed by atoms with Crippen LogP contribution in [0.15, 0.2) is 29.2 Å². The van der Waals surface area contributed by atoms with Gasteiger partial charge in [0.25, 0.3) is 5.91 Å². The Morgan fingerprint density at radius 2 is 1.48 bits per heavy atom. The number of hydrogen-bond donors (Lipinski definition) is 0. The van der Waals surface area contributed by atoms with Crippen molar-refractivity contribution in [3.63, 3.8) is 0 Å². The first-order valence-electron chi connectivity index (χ1n) is 11.2. The fourth-order valence-corrected chi connectivity index (χ4v) is 5.32. The minimum absolute atomic E-state index is 0.108. The van der Waals surface area contributed by atoms with Crippen LogP contribution in [0.5, 0.6) is 0 Å². The number of rotatable bonds is 9. The van der Waals surface area contributed by atoms with Gasteiger partial charge >= 0.3 is 0 Å². The largest absolute Gasteiger partial charge is 0.342 e. The van der Waals surface area contributed by atoms with Gasteiger partial charge in [0.2, 0.25) is 15.9 Å². The number of likely N-dealkylation sites (N-methyl/N-ethyl adjacent to an activating group) is 1. The van der Waals surface area contributed by atoms with Crippen LogP contribution >= 0.6 is 0 Å². The Morgan fingerprint density at radius 1 is 0.871 bits per heavy atom. The first-order valence-corrected chi connectivity index (χ1v) is 12.6. The molecule has 0 atom stereocenters. The van der Waals surface area contributed by atoms with Gasteiger partial charge in [-0.15, -0.1) is 0 Å². The van der Waals surface area contributed by atoms with E-state index in [-0.39, 0.29) is 16.7 Å². The highest BCUT2D eigenvalue weighted by atomic mass is 32.2. The number of sulfonamides is 1. The van der Waals surface area contributed by atoms with Gasteiger partial charge in [-0.05, 0) is 44.5 Å². The van der Waals surface area contributed by atoms with Crippen LogP contribution < -0.4 is 0 Å². The average Bonchev–Trinajstić information content (AvgIpc) is 3.00. The summed E-state index contributed by atoms with van der Waals surface area (Å²) in [6.45, 7) is 12.7. The summed E-state index contributed by atoms with van der Waals surface area (Å²) < 4.78 is 26.7. The van der Waals surface area contributed by atoms with Crippen LogP contribution in [0, 0.1) is 0 Å². The van der Waals surface area contributed by atoms with Crippen molar-refractivity contribution in [3.05, 3.63) is 29.8 Å². The van der Waals surface area contributed by atoms with E-state index in [1.807, 2.05) is 18.7 Å². The summed E-state index contributed by atoms with van der Waals surface area (Å²) in [5.41, 5.74) is 0.478. The Balaban J connectivity index is 2.02. The highest BCUT2D eigenvalue weighted by Crippen LogP contribution is 2.17. The molecule has 9 heteroatoms. The molecule has 1 aromatic rings. The first-order chi connectivity index (χ1) is 14.8. The fourth-order valence-electron chi connectivity index (χ4n) is 3.86. The van der Waals surface area contributed by atoms with E-state index in [4.69, 9.17) is 0 Å². The van der Waals surface area contributed by atoms with Gasteiger partial charge in [0.1, 0.15) is 0 Å². The van der Waals surface area contributed by atoms with Gasteiger partial charge in [-0.25, -0.2) is 8.42 Å². The first kappa shape index (κ1) is 25.3. The molecular weight excluding hydrogens is 416 g/mol. The Kier molecular flexibility index (Phi) is 9.46. The van der Waals surface area contributed by atoms with Crippen molar-refractivity contribution in [1.82, 2.24) is 19.0 Å². The lowest BCUT2D eigenvalue weighted by atomic mass is 10.2. The number of benzene rings is 1.